The second-order valence-corrected chi connectivity index (χ2v) is 11.4. The summed E-state index contributed by atoms with van der Waals surface area (Å²) in [5.74, 6) is -0.425. The highest BCUT2D eigenvalue weighted by Gasteiger charge is 2.33. The van der Waals surface area contributed by atoms with Crippen LogP contribution in [0.5, 0.6) is 0 Å². The molecule has 4 rings (SSSR count). The quantitative estimate of drug-likeness (QED) is 0.690. The summed E-state index contributed by atoms with van der Waals surface area (Å²) in [4.78, 5) is 25.7. The zero-order chi connectivity index (χ0) is 22.9. The molecule has 1 saturated heterocycles. The molecule has 2 aromatic carbocycles. The zero-order valence-corrected chi connectivity index (χ0v) is 19.8. The Kier molecular flexibility index (Phi) is 6.60. The molecule has 0 saturated carbocycles. The van der Waals surface area contributed by atoms with Crippen molar-refractivity contribution in [2.45, 2.75) is 48.2 Å². The van der Waals surface area contributed by atoms with Crippen LogP contribution in [0.1, 0.15) is 32.3 Å². The van der Waals surface area contributed by atoms with Gasteiger partial charge in [-0.05, 0) is 56.0 Å². The van der Waals surface area contributed by atoms with E-state index in [4.69, 9.17) is 0 Å². The second kappa shape index (κ2) is 9.25. The van der Waals surface area contributed by atoms with Gasteiger partial charge in [0.25, 0.3) is 0 Å². The summed E-state index contributed by atoms with van der Waals surface area (Å²) >= 11 is 1.42. The van der Waals surface area contributed by atoms with Gasteiger partial charge in [0.05, 0.1) is 15.8 Å². The highest BCUT2D eigenvalue weighted by Crippen LogP contribution is 2.37. The molecule has 0 spiro atoms. The van der Waals surface area contributed by atoms with E-state index in [0.717, 1.165) is 22.6 Å². The molecule has 2 amide bonds. The summed E-state index contributed by atoms with van der Waals surface area (Å²) in [5.41, 5.74) is 2.43. The van der Waals surface area contributed by atoms with Crippen LogP contribution in [-0.2, 0) is 26.0 Å². The number of hydrogen-bond donors (Lipinski definition) is 2. The van der Waals surface area contributed by atoms with E-state index in [1.807, 2.05) is 38.1 Å². The van der Waals surface area contributed by atoms with Crippen molar-refractivity contribution < 1.29 is 18.0 Å². The third kappa shape index (κ3) is 4.55. The van der Waals surface area contributed by atoms with Gasteiger partial charge in [-0.25, -0.2) is 8.42 Å². The summed E-state index contributed by atoms with van der Waals surface area (Å²) in [6, 6.07) is 12.6. The number of amides is 2. The number of piperidine rings is 1. The summed E-state index contributed by atoms with van der Waals surface area (Å²) in [7, 11) is -3.70. The first-order valence-electron chi connectivity index (χ1n) is 10.8. The van der Waals surface area contributed by atoms with Crippen LogP contribution in [-0.4, -0.2) is 42.9 Å². The lowest BCUT2D eigenvalue weighted by Crippen LogP contribution is -2.41. The van der Waals surface area contributed by atoms with Crippen LogP contribution in [0.15, 0.2) is 52.3 Å². The third-order valence-corrected chi connectivity index (χ3v) is 9.07. The Morgan fingerprint density at radius 1 is 1.19 bits per heavy atom. The normalized spacial score (nSPS) is 19.8. The fraction of sp³-hybridized carbons (Fsp3) is 0.391. The third-order valence-electron chi connectivity index (χ3n) is 6.00. The van der Waals surface area contributed by atoms with Gasteiger partial charge < -0.3 is 10.6 Å². The van der Waals surface area contributed by atoms with Gasteiger partial charge in [0.1, 0.15) is 0 Å². The number of sulfonamides is 1. The van der Waals surface area contributed by atoms with Crippen molar-refractivity contribution in [3.63, 3.8) is 0 Å². The highest BCUT2D eigenvalue weighted by molar-refractivity contribution is 8.01. The number of anilines is 2. The van der Waals surface area contributed by atoms with Crippen LogP contribution in [0.3, 0.4) is 0 Å². The van der Waals surface area contributed by atoms with E-state index in [-0.39, 0.29) is 41.0 Å². The smallest absolute Gasteiger partial charge is 0.243 e. The largest absolute Gasteiger partial charge is 0.326 e. The Bertz CT molecular complexity index is 1140. The molecular weight excluding hydrogens is 446 g/mol. The Balaban J connectivity index is 1.42. The highest BCUT2D eigenvalue weighted by atomic mass is 32.2. The van der Waals surface area contributed by atoms with Crippen LogP contribution in [0, 0.1) is 5.92 Å². The average molecular weight is 474 g/mol. The standard InChI is InChI=1S/C23H27N3O4S2/c1-3-16-6-4-5-7-19(16)24-23(28)17-10-12-26(13-11-17)32(29,30)18-8-9-21-20(14-18)25-22(27)15(2)31-21/h4-9,14-15,17H,3,10-13H2,1-2H3,(H,24,28)(H,25,27). The van der Waals surface area contributed by atoms with Gasteiger partial charge in [0, 0.05) is 29.6 Å². The molecule has 0 bridgehead atoms. The second-order valence-electron chi connectivity index (χ2n) is 8.09. The lowest BCUT2D eigenvalue weighted by Gasteiger charge is -2.31. The molecule has 0 radical (unpaired) electrons. The van der Waals surface area contributed by atoms with Gasteiger partial charge in [-0.3, -0.25) is 9.59 Å². The topological polar surface area (TPSA) is 95.6 Å². The maximum atomic E-state index is 13.2. The first kappa shape index (κ1) is 22.8. The Hall–Kier alpha value is -2.36. The number of nitrogens with one attached hydrogen (secondary N) is 2. The van der Waals surface area contributed by atoms with E-state index in [1.165, 1.54) is 22.1 Å². The minimum absolute atomic E-state index is 0.0643. The molecule has 7 nitrogen and oxygen atoms in total. The van der Waals surface area contributed by atoms with Gasteiger partial charge >= 0.3 is 0 Å². The minimum atomic E-state index is -3.70. The molecule has 1 unspecified atom stereocenters. The van der Waals surface area contributed by atoms with Crippen LogP contribution >= 0.6 is 11.8 Å². The lowest BCUT2D eigenvalue weighted by atomic mass is 9.97. The van der Waals surface area contributed by atoms with Gasteiger partial charge in [0.2, 0.25) is 21.8 Å². The van der Waals surface area contributed by atoms with Gasteiger partial charge in [0.15, 0.2) is 0 Å². The van der Waals surface area contributed by atoms with E-state index >= 15 is 0 Å². The van der Waals surface area contributed by atoms with Crippen molar-refractivity contribution in [3.8, 4) is 0 Å². The molecule has 170 valence electrons. The Morgan fingerprint density at radius 2 is 1.91 bits per heavy atom. The van der Waals surface area contributed by atoms with Crippen LogP contribution < -0.4 is 10.6 Å². The summed E-state index contributed by atoms with van der Waals surface area (Å²) < 4.78 is 27.8. The zero-order valence-electron chi connectivity index (χ0n) is 18.1. The first-order valence-corrected chi connectivity index (χ1v) is 13.1. The number of fused-ring (bicyclic) bond motifs is 1. The molecule has 2 aliphatic heterocycles. The van der Waals surface area contributed by atoms with E-state index in [2.05, 4.69) is 10.6 Å². The van der Waals surface area contributed by atoms with E-state index in [0.29, 0.717) is 18.5 Å². The molecular formula is C23H27N3O4S2. The van der Waals surface area contributed by atoms with Gasteiger partial charge in [-0.15, -0.1) is 11.8 Å². The van der Waals surface area contributed by atoms with Crippen LogP contribution in [0.4, 0.5) is 11.4 Å². The minimum Gasteiger partial charge on any atom is -0.326 e. The molecule has 0 aromatic heterocycles. The maximum absolute atomic E-state index is 13.2. The Labute approximate surface area is 193 Å². The average Bonchev–Trinajstić information content (AvgIpc) is 2.80. The molecule has 2 aliphatic rings. The summed E-state index contributed by atoms with van der Waals surface area (Å²) in [6.07, 6.45) is 1.76. The SMILES string of the molecule is CCc1ccccc1NC(=O)C1CCN(S(=O)(=O)c2ccc3c(c2)NC(=O)C(C)S3)CC1. The van der Waals surface area contributed by atoms with Crippen LogP contribution in [0.2, 0.25) is 0 Å². The van der Waals surface area contributed by atoms with E-state index < -0.39 is 10.0 Å². The van der Waals surface area contributed by atoms with E-state index in [1.54, 1.807) is 12.1 Å². The molecule has 2 N–H and O–H groups in total. The van der Waals surface area contributed by atoms with Gasteiger partial charge in [-0.2, -0.15) is 4.31 Å². The number of benzene rings is 2. The summed E-state index contributed by atoms with van der Waals surface area (Å²) in [6.45, 7) is 4.42. The number of aryl methyl sites for hydroxylation is 1. The number of nitrogens with zero attached hydrogens (tertiary/aromatic N) is 1. The number of hydrogen-bond acceptors (Lipinski definition) is 5. The number of carbonyl (C=O) groups excluding carboxylic acids is 2. The predicted octanol–water partition coefficient (Wildman–Crippen LogP) is 3.72. The maximum Gasteiger partial charge on any atom is 0.243 e. The van der Waals surface area contributed by atoms with Crippen molar-refractivity contribution in [2.75, 3.05) is 23.7 Å². The molecule has 2 heterocycles. The molecule has 32 heavy (non-hydrogen) atoms. The monoisotopic (exact) mass is 473 g/mol. The molecule has 2 aromatic rings. The predicted molar refractivity (Wildman–Crippen MR) is 126 cm³/mol. The fourth-order valence-corrected chi connectivity index (χ4v) is 6.47. The van der Waals surface area contributed by atoms with Crippen molar-refractivity contribution >= 4 is 45.0 Å². The number of carbonyl (C=O) groups is 2. The van der Waals surface area contributed by atoms with Gasteiger partial charge in [-0.1, -0.05) is 25.1 Å². The molecule has 9 heteroatoms. The molecule has 1 atom stereocenters. The first-order chi connectivity index (χ1) is 15.3. The van der Waals surface area contributed by atoms with Crippen LogP contribution in [0.25, 0.3) is 0 Å². The Morgan fingerprint density at radius 3 is 2.62 bits per heavy atom. The summed E-state index contributed by atoms with van der Waals surface area (Å²) in [5, 5.41) is 5.58. The van der Waals surface area contributed by atoms with Crippen molar-refractivity contribution in [2.24, 2.45) is 5.92 Å². The molecule has 1 fully saturated rings. The lowest BCUT2D eigenvalue weighted by molar-refractivity contribution is -0.121. The van der Waals surface area contributed by atoms with E-state index in [9.17, 15) is 18.0 Å². The fourth-order valence-electron chi connectivity index (χ4n) is 4.04. The molecule has 0 aliphatic carbocycles. The van der Waals surface area contributed by atoms with Crippen molar-refractivity contribution in [1.82, 2.24) is 4.31 Å². The number of rotatable bonds is 5. The number of para-hydroxylation sites is 1. The van der Waals surface area contributed by atoms with Crippen molar-refractivity contribution in [1.29, 1.82) is 0 Å². The number of thioether (sulfide) groups is 1. The van der Waals surface area contributed by atoms with Crippen molar-refractivity contribution in [3.05, 3.63) is 48.0 Å².